The van der Waals surface area contributed by atoms with E-state index in [-0.39, 0.29) is 12.5 Å². The highest BCUT2D eigenvalue weighted by Gasteiger charge is 2.18. The second-order valence-corrected chi connectivity index (χ2v) is 10.4. The number of halogens is 1. The summed E-state index contributed by atoms with van der Waals surface area (Å²) in [6, 6.07) is 13.0. The zero-order valence-electron chi connectivity index (χ0n) is 23.4. The van der Waals surface area contributed by atoms with Gasteiger partial charge in [-0.3, -0.25) is 14.7 Å². The van der Waals surface area contributed by atoms with E-state index in [1.165, 1.54) is 6.33 Å². The monoisotopic (exact) mass is 588 g/mol. The average molecular weight is 589 g/mol. The molecule has 0 spiro atoms. The fraction of sp³-hybridized carbons (Fsp3) is 0.300. The summed E-state index contributed by atoms with van der Waals surface area (Å²) in [4.78, 5) is 29.9. The topological polar surface area (TPSA) is 122 Å². The van der Waals surface area contributed by atoms with Crippen LogP contribution in [0.15, 0.2) is 77.9 Å². The number of hydrogen-bond acceptors (Lipinski definition) is 10. The Labute approximate surface area is 249 Å². The Bertz CT molecular complexity index is 1510. The standard InChI is InChI=1S/C30H33ClN8O3/c1-21(19-39-12-10-38(2)11-13-39)30(40)34-17-24-16-28(42-37-24)25-18-32-20-35-29(25)36-23-6-7-27(26(31)15-23)41-14-8-22-5-3-4-9-33-22/h3-7,9,15-16,18,20H,1,8,10-14,17,19H2,2H3,(H,34,40)(H,32,35,36). The van der Waals surface area contributed by atoms with Gasteiger partial charge in [0, 0.05) is 74.6 Å². The number of hydrogen-bond donors (Lipinski definition) is 2. The van der Waals surface area contributed by atoms with Crippen LogP contribution >= 0.6 is 11.6 Å². The second-order valence-electron chi connectivity index (χ2n) is 10.0. The molecule has 0 radical (unpaired) electrons. The van der Waals surface area contributed by atoms with Crippen molar-refractivity contribution < 1.29 is 14.1 Å². The molecule has 1 aliphatic rings. The first kappa shape index (κ1) is 29.2. The molecule has 2 N–H and O–H groups in total. The van der Waals surface area contributed by atoms with Crippen LogP contribution in [-0.2, 0) is 17.8 Å². The van der Waals surface area contributed by atoms with Crippen LogP contribution in [0.4, 0.5) is 11.5 Å². The SMILES string of the molecule is C=C(CN1CCN(C)CC1)C(=O)NCc1cc(-c2cncnc2Nc2ccc(OCCc3ccccn3)c(Cl)c2)on1. The Morgan fingerprint density at radius 2 is 1.98 bits per heavy atom. The number of carbonyl (C=O) groups excluding carboxylic acids is 1. The zero-order chi connectivity index (χ0) is 29.3. The lowest BCUT2D eigenvalue weighted by Crippen LogP contribution is -2.46. The first-order valence-corrected chi connectivity index (χ1v) is 14.0. The molecule has 42 heavy (non-hydrogen) atoms. The van der Waals surface area contributed by atoms with Gasteiger partial charge < -0.3 is 24.8 Å². The first-order chi connectivity index (χ1) is 20.4. The van der Waals surface area contributed by atoms with Crippen LogP contribution < -0.4 is 15.4 Å². The summed E-state index contributed by atoms with van der Waals surface area (Å²) in [5.74, 6) is 1.34. The average Bonchev–Trinajstić information content (AvgIpc) is 3.48. The summed E-state index contributed by atoms with van der Waals surface area (Å²) in [7, 11) is 2.10. The van der Waals surface area contributed by atoms with E-state index < -0.39 is 0 Å². The van der Waals surface area contributed by atoms with Gasteiger partial charge in [0.2, 0.25) is 5.91 Å². The van der Waals surface area contributed by atoms with Crippen molar-refractivity contribution in [2.45, 2.75) is 13.0 Å². The van der Waals surface area contributed by atoms with E-state index in [0.29, 0.717) is 64.4 Å². The largest absolute Gasteiger partial charge is 0.492 e. The van der Waals surface area contributed by atoms with Crippen molar-refractivity contribution in [2.24, 2.45) is 0 Å². The number of nitrogens with zero attached hydrogens (tertiary/aromatic N) is 6. The zero-order valence-corrected chi connectivity index (χ0v) is 24.2. The molecular formula is C30H33ClN8O3. The van der Waals surface area contributed by atoms with Gasteiger partial charge in [0.25, 0.3) is 0 Å². The van der Waals surface area contributed by atoms with Gasteiger partial charge >= 0.3 is 0 Å². The van der Waals surface area contributed by atoms with E-state index in [9.17, 15) is 4.79 Å². The van der Waals surface area contributed by atoms with Crippen molar-refractivity contribution in [1.29, 1.82) is 0 Å². The highest BCUT2D eigenvalue weighted by molar-refractivity contribution is 6.32. The Kier molecular flexibility index (Phi) is 9.75. The molecule has 3 aromatic heterocycles. The normalized spacial score (nSPS) is 14.0. The summed E-state index contributed by atoms with van der Waals surface area (Å²) < 4.78 is 11.4. The van der Waals surface area contributed by atoms with Crippen molar-refractivity contribution in [1.82, 2.24) is 35.2 Å². The molecule has 4 heterocycles. The van der Waals surface area contributed by atoms with Crippen molar-refractivity contribution in [3.63, 3.8) is 0 Å². The third kappa shape index (κ3) is 7.90. The minimum absolute atomic E-state index is 0.204. The molecule has 1 aliphatic heterocycles. The molecule has 0 bridgehead atoms. The third-order valence-corrected chi connectivity index (χ3v) is 7.13. The minimum atomic E-state index is -0.204. The first-order valence-electron chi connectivity index (χ1n) is 13.7. The molecule has 1 fully saturated rings. The summed E-state index contributed by atoms with van der Waals surface area (Å²) in [6.07, 6.45) is 5.50. The molecule has 5 rings (SSSR count). The third-order valence-electron chi connectivity index (χ3n) is 6.83. The number of carbonyl (C=O) groups is 1. The van der Waals surface area contributed by atoms with E-state index >= 15 is 0 Å². The lowest BCUT2D eigenvalue weighted by molar-refractivity contribution is -0.117. The van der Waals surface area contributed by atoms with E-state index in [4.69, 9.17) is 20.9 Å². The Hall–Kier alpha value is -4.32. The van der Waals surface area contributed by atoms with Crippen molar-refractivity contribution in [2.75, 3.05) is 51.7 Å². The van der Waals surface area contributed by atoms with Gasteiger partial charge in [-0.25, -0.2) is 9.97 Å². The molecule has 12 heteroatoms. The number of benzene rings is 1. The predicted octanol–water partition coefficient (Wildman–Crippen LogP) is 3.96. The maximum atomic E-state index is 12.6. The van der Waals surface area contributed by atoms with Gasteiger partial charge in [-0.2, -0.15) is 0 Å². The number of piperazine rings is 1. The molecule has 4 aromatic rings. The fourth-order valence-electron chi connectivity index (χ4n) is 4.42. The number of anilines is 2. The van der Waals surface area contributed by atoms with Gasteiger partial charge in [-0.05, 0) is 37.4 Å². The quantitative estimate of drug-likeness (QED) is 0.235. The van der Waals surface area contributed by atoms with Crippen LogP contribution in [0.2, 0.25) is 5.02 Å². The number of pyridine rings is 1. The van der Waals surface area contributed by atoms with Crippen LogP contribution in [0.1, 0.15) is 11.4 Å². The Balaban J connectivity index is 1.16. The molecule has 11 nitrogen and oxygen atoms in total. The Morgan fingerprint density at radius 1 is 1.12 bits per heavy atom. The highest BCUT2D eigenvalue weighted by Crippen LogP contribution is 2.32. The lowest BCUT2D eigenvalue weighted by Gasteiger charge is -2.32. The second kappa shape index (κ2) is 14.0. The van der Waals surface area contributed by atoms with Gasteiger partial charge in [-0.1, -0.05) is 29.4 Å². The van der Waals surface area contributed by atoms with Crippen LogP contribution in [0.3, 0.4) is 0 Å². The molecular weight excluding hydrogens is 556 g/mol. The molecule has 0 aliphatic carbocycles. The van der Waals surface area contributed by atoms with Gasteiger partial charge in [0.15, 0.2) is 5.76 Å². The van der Waals surface area contributed by atoms with Gasteiger partial charge in [0.1, 0.15) is 23.6 Å². The number of aromatic nitrogens is 4. The van der Waals surface area contributed by atoms with Crippen molar-refractivity contribution in [3.8, 4) is 17.1 Å². The fourth-order valence-corrected chi connectivity index (χ4v) is 4.65. The summed E-state index contributed by atoms with van der Waals surface area (Å²) >= 11 is 6.49. The molecule has 1 amide bonds. The van der Waals surface area contributed by atoms with Crippen LogP contribution in [0, 0.1) is 0 Å². The number of ether oxygens (including phenoxy) is 1. The van der Waals surface area contributed by atoms with Crippen LogP contribution in [0.5, 0.6) is 5.75 Å². The van der Waals surface area contributed by atoms with Crippen LogP contribution in [0.25, 0.3) is 11.3 Å². The maximum Gasteiger partial charge on any atom is 0.248 e. The number of nitrogens with one attached hydrogen (secondary N) is 2. The molecule has 1 aromatic carbocycles. The summed E-state index contributed by atoms with van der Waals surface area (Å²) in [6.45, 7) is 8.98. The number of amides is 1. The van der Waals surface area contributed by atoms with E-state index in [1.54, 1.807) is 30.6 Å². The predicted molar refractivity (Wildman–Crippen MR) is 161 cm³/mol. The van der Waals surface area contributed by atoms with Crippen LogP contribution in [-0.4, -0.2) is 82.2 Å². The van der Waals surface area contributed by atoms with E-state index in [1.807, 2.05) is 24.3 Å². The van der Waals surface area contributed by atoms with Gasteiger partial charge in [0.05, 0.1) is 23.7 Å². The number of likely N-dealkylation sites (N-methyl/N-ethyl adjacent to an activating group) is 1. The molecule has 218 valence electrons. The molecule has 0 saturated carbocycles. The summed E-state index contributed by atoms with van der Waals surface area (Å²) in [5.41, 5.74) is 3.36. The van der Waals surface area contributed by atoms with Gasteiger partial charge in [-0.15, -0.1) is 0 Å². The van der Waals surface area contributed by atoms with E-state index in [2.05, 4.69) is 54.2 Å². The van der Waals surface area contributed by atoms with Crippen molar-refractivity contribution in [3.05, 3.63) is 89.7 Å². The maximum absolute atomic E-state index is 12.6. The molecule has 0 unspecified atom stereocenters. The highest BCUT2D eigenvalue weighted by atomic mass is 35.5. The van der Waals surface area contributed by atoms with Crippen molar-refractivity contribution >= 4 is 29.0 Å². The lowest BCUT2D eigenvalue weighted by atomic mass is 10.2. The Morgan fingerprint density at radius 3 is 2.76 bits per heavy atom. The molecule has 1 saturated heterocycles. The number of rotatable bonds is 12. The smallest absolute Gasteiger partial charge is 0.248 e. The summed E-state index contributed by atoms with van der Waals surface area (Å²) in [5, 5.41) is 10.7. The molecule has 0 atom stereocenters. The minimum Gasteiger partial charge on any atom is -0.492 e. The van der Waals surface area contributed by atoms with E-state index in [0.717, 1.165) is 31.9 Å².